The molecule has 0 aliphatic carbocycles. The molecule has 6 nitrogen and oxygen atoms in total. The van der Waals surface area contributed by atoms with Crippen LogP contribution in [0.4, 0.5) is 5.69 Å². The fraction of sp³-hybridized carbons (Fsp3) is 0.211. The minimum Gasteiger partial charge on any atom is -0.478 e. The van der Waals surface area contributed by atoms with Crippen molar-refractivity contribution in [1.29, 1.82) is 0 Å². The van der Waals surface area contributed by atoms with Crippen LogP contribution in [-0.4, -0.2) is 43.7 Å². The van der Waals surface area contributed by atoms with Gasteiger partial charge in [0, 0.05) is 19.8 Å². The summed E-state index contributed by atoms with van der Waals surface area (Å²) in [6.07, 6.45) is 0. The van der Waals surface area contributed by atoms with Gasteiger partial charge in [-0.15, -0.1) is 0 Å². The average Bonchev–Trinajstić information content (AvgIpc) is 2.60. The molecule has 7 heteroatoms. The zero-order valence-corrected chi connectivity index (χ0v) is 15.7. The lowest BCUT2D eigenvalue weighted by Crippen LogP contribution is -2.32. The third kappa shape index (κ3) is 4.23. The standard InChI is InChI=1S/C19H22N2O4S/c1-13(21(3)4)14(2)26(24,25)20-18-12-16(10-11-17(18)19(22)23)15-8-6-5-7-9-15/h5-12,14,20H,1H2,2-4H3,(H,22,23). The van der Waals surface area contributed by atoms with Crippen LogP contribution in [0.2, 0.25) is 0 Å². The normalized spacial score (nSPS) is 12.3. The lowest BCUT2D eigenvalue weighted by Gasteiger charge is -2.23. The second kappa shape index (κ2) is 7.61. The van der Waals surface area contributed by atoms with Gasteiger partial charge >= 0.3 is 5.97 Å². The summed E-state index contributed by atoms with van der Waals surface area (Å²) in [6.45, 7) is 5.28. The predicted octanol–water partition coefficient (Wildman–Crippen LogP) is 3.26. The molecular weight excluding hydrogens is 352 g/mol. The highest BCUT2D eigenvalue weighted by molar-refractivity contribution is 7.93. The number of carbonyl (C=O) groups is 1. The van der Waals surface area contributed by atoms with Crippen molar-refractivity contribution in [2.24, 2.45) is 0 Å². The van der Waals surface area contributed by atoms with E-state index in [4.69, 9.17) is 0 Å². The molecule has 1 unspecified atom stereocenters. The first kappa shape index (κ1) is 19.5. The van der Waals surface area contributed by atoms with E-state index in [9.17, 15) is 18.3 Å². The molecule has 0 aliphatic rings. The molecule has 0 aromatic heterocycles. The number of aromatic carboxylic acids is 1. The molecule has 0 spiro atoms. The number of hydrogen-bond acceptors (Lipinski definition) is 4. The smallest absolute Gasteiger partial charge is 0.337 e. The van der Waals surface area contributed by atoms with Crippen molar-refractivity contribution in [2.45, 2.75) is 12.2 Å². The maximum absolute atomic E-state index is 12.7. The van der Waals surface area contributed by atoms with E-state index >= 15 is 0 Å². The Hall–Kier alpha value is -2.80. The lowest BCUT2D eigenvalue weighted by molar-refractivity contribution is 0.0698. The van der Waals surface area contributed by atoms with Gasteiger partial charge in [-0.25, -0.2) is 13.2 Å². The molecular formula is C19H22N2O4S. The number of nitrogens with zero attached hydrogens (tertiary/aromatic N) is 1. The second-order valence-electron chi connectivity index (χ2n) is 6.11. The van der Waals surface area contributed by atoms with Gasteiger partial charge in [-0.2, -0.15) is 0 Å². The van der Waals surface area contributed by atoms with Gasteiger partial charge in [0.05, 0.1) is 11.3 Å². The van der Waals surface area contributed by atoms with Crippen LogP contribution in [0.25, 0.3) is 11.1 Å². The largest absolute Gasteiger partial charge is 0.478 e. The minimum absolute atomic E-state index is 0.0252. The van der Waals surface area contributed by atoms with Gasteiger partial charge in [-0.05, 0) is 30.2 Å². The second-order valence-corrected chi connectivity index (χ2v) is 8.11. The van der Waals surface area contributed by atoms with Crippen molar-refractivity contribution in [3.05, 3.63) is 66.4 Å². The summed E-state index contributed by atoms with van der Waals surface area (Å²) in [5, 5.41) is 8.48. The number of sulfonamides is 1. The Morgan fingerprint density at radius 1 is 1.12 bits per heavy atom. The van der Waals surface area contributed by atoms with E-state index in [1.807, 2.05) is 30.3 Å². The number of hydrogen-bond donors (Lipinski definition) is 2. The molecule has 0 radical (unpaired) electrons. The molecule has 0 saturated heterocycles. The molecule has 138 valence electrons. The Morgan fingerprint density at radius 2 is 1.73 bits per heavy atom. The molecule has 0 amide bonds. The highest BCUT2D eigenvalue weighted by Crippen LogP contribution is 2.27. The summed E-state index contributed by atoms with van der Waals surface area (Å²) in [4.78, 5) is 13.1. The van der Waals surface area contributed by atoms with E-state index in [1.54, 1.807) is 25.1 Å². The molecule has 0 bridgehead atoms. The highest BCUT2D eigenvalue weighted by atomic mass is 32.2. The maximum atomic E-state index is 12.7. The molecule has 0 aliphatic heterocycles. The molecule has 2 rings (SSSR count). The van der Waals surface area contributed by atoms with Crippen LogP contribution in [0, 0.1) is 0 Å². The zero-order valence-electron chi connectivity index (χ0n) is 14.9. The summed E-state index contributed by atoms with van der Waals surface area (Å²) in [7, 11) is -0.464. The fourth-order valence-corrected chi connectivity index (χ4v) is 3.63. The lowest BCUT2D eigenvalue weighted by atomic mass is 10.0. The first-order valence-electron chi connectivity index (χ1n) is 7.94. The summed E-state index contributed by atoms with van der Waals surface area (Å²) in [5.41, 5.74) is 1.88. The Morgan fingerprint density at radius 3 is 2.27 bits per heavy atom. The molecule has 0 fully saturated rings. The molecule has 2 N–H and O–H groups in total. The van der Waals surface area contributed by atoms with Gasteiger partial charge in [0.1, 0.15) is 5.25 Å². The van der Waals surface area contributed by atoms with Crippen LogP contribution in [0.5, 0.6) is 0 Å². The van der Waals surface area contributed by atoms with Gasteiger partial charge in [0.2, 0.25) is 10.0 Å². The predicted molar refractivity (Wildman–Crippen MR) is 104 cm³/mol. The monoisotopic (exact) mass is 374 g/mol. The minimum atomic E-state index is -3.87. The summed E-state index contributed by atoms with van der Waals surface area (Å²) in [6, 6.07) is 13.9. The van der Waals surface area contributed by atoms with Crippen LogP contribution >= 0.6 is 0 Å². The van der Waals surface area contributed by atoms with Crippen LogP contribution in [0.3, 0.4) is 0 Å². The molecule has 2 aromatic carbocycles. The number of benzene rings is 2. The van der Waals surface area contributed by atoms with Gasteiger partial charge in [0.15, 0.2) is 0 Å². The highest BCUT2D eigenvalue weighted by Gasteiger charge is 2.26. The van der Waals surface area contributed by atoms with Crippen LogP contribution in [0.15, 0.2) is 60.8 Å². The van der Waals surface area contributed by atoms with Crippen molar-refractivity contribution in [3.63, 3.8) is 0 Å². The van der Waals surface area contributed by atoms with Gasteiger partial charge in [-0.3, -0.25) is 4.72 Å². The van der Waals surface area contributed by atoms with E-state index in [2.05, 4.69) is 11.3 Å². The Bertz CT molecular complexity index is 922. The maximum Gasteiger partial charge on any atom is 0.337 e. The first-order chi connectivity index (χ1) is 12.1. The van der Waals surface area contributed by atoms with Gasteiger partial charge in [-0.1, -0.05) is 43.0 Å². The molecule has 0 saturated carbocycles. The van der Waals surface area contributed by atoms with Crippen molar-refractivity contribution in [1.82, 2.24) is 4.90 Å². The quantitative estimate of drug-likeness (QED) is 0.777. The number of carboxylic acid groups (broad SMARTS) is 1. The summed E-state index contributed by atoms with van der Waals surface area (Å²) >= 11 is 0. The molecule has 26 heavy (non-hydrogen) atoms. The third-order valence-corrected chi connectivity index (χ3v) is 5.83. The summed E-state index contributed by atoms with van der Waals surface area (Å²) in [5.74, 6) is -1.21. The van der Waals surface area contributed by atoms with Gasteiger partial charge < -0.3 is 10.0 Å². The van der Waals surface area contributed by atoms with Crippen LogP contribution < -0.4 is 4.72 Å². The van der Waals surface area contributed by atoms with Crippen molar-refractivity contribution < 1.29 is 18.3 Å². The van der Waals surface area contributed by atoms with Crippen molar-refractivity contribution in [3.8, 4) is 11.1 Å². The Labute approximate surface area is 153 Å². The Kier molecular flexibility index (Phi) is 5.72. The van der Waals surface area contributed by atoms with E-state index < -0.39 is 21.2 Å². The SMILES string of the molecule is C=C(C(C)S(=O)(=O)Nc1cc(-c2ccccc2)ccc1C(=O)O)N(C)C. The first-order valence-corrected chi connectivity index (χ1v) is 9.48. The van der Waals surface area contributed by atoms with Gasteiger partial charge in [0.25, 0.3) is 0 Å². The van der Waals surface area contributed by atoms with Crippen LogP contribution in [0.1, 0.15) is 17.3 Å². The topological polar surface area (TPSA) is 86.7 Å². The van der Waals surface area contributed by atoms with Crippen molar-refractivity contribution >= 4 is 21.7 Å². The Balaban J connectivity index is 2.46. The van der Waals surface area contributed by atoms with Crippen LogP contribution in [-0.2, 0) is 10.0 Å². The average molecular weight is 374 g/mol. The summed E-state index contributed by atoms with van der Waals surface area (Å²) < 4.78 is 27.8. The molecule has 1 atom stereocenters. The molecule has 2 aromatic rings. The number of nitrogens with one attached hydrogen (secondary N) is 1. The number of anilines is 1. The van der Waals surface area contributed by atoms with E-state index in [0.29, 0.717) is 11.3 Å². The number of rotatable bonds is 7. The van der Waals surface area contributed by atoms with E-state index in [-0.39, 0.29) is 11.3 Å². The molecule has 0 heterocycles. The van der Waals surface area contributed by atoms with E-state index in [0.717, 1.165) is 5.56 Å². The third-order valence-electron chi connectivity index (χ3n) is 4.12. The zero-order chi connectivity index (χ0) is 19.5. The van der Waals surface area contributed by atoms with Crippen molar-refractivity contribution in [2.75, 3.05) is 18.8 Å². The number of carboxylic acids is 1. The fourth-order valence-electron chi connectivity index (χ4n) is 2.41. The van der Waals surface area contributed by atoms with E-state index in [1.165, 1.54) is 19.1 Å².